The molecule has 0 fully saturated rings. The number of halogens is 1. The summed E-state index contributed by atoms with van der Waals surface area (Å²) in [4.78, 5) is 22.4. The van der Waals surface area contributed by atoms with Crippen molar-refractivity contribution in [1.82, 2.24) is 0 Å². The average Bonchev–Trinajstić information content (AvgIpc) is 2.27. The molecule has 0 amide bonds. The molecule has 0 saturated heterocycles. The predicted molar refractivity (Wildman–Crippen MR) is 71.1 cm³/mol. The molecule has 5 heteroatoms. The zero-order valence-electron chi connectivity index (χ0n) is 10.5. The zero-order chi connectivity index (χ0) is 13.9. The van der Waals surface area contributed by atoms with E-state index >= 15 is 0 Å². The summed E-state index contributed by atoms with van der Waals surface area (Å²) in [5.41, 5.74) is -0.563. The fourth-order valence-electron chi connectivity index (χ4n) is 1.22. The van der Waals surface area contributed by atoms with E-state index in [1.165, 1.54) is 6.92 Å². The number of carboxylic acid groups (broad SMARTS) is 1. The van der Waals surface area contributed by atoms with Gasteiger partial charge in [-0.3, -0.25) is 9.59 Å². The van der Waals surface area contributed by atoms with Crippen LogP contribution in [-0.2, 0) is 4.79 Å². The third-order valence-electron chi connectivity index (χ3n) is 2.49. The first-order valence-electron chi connectivity index (χ1n) is 5.41. The maximum absolute atomic E-state index is 11.5. The van der Waals surface area contributed by atoms with Crippen molar-refractivity contribution in [3.05, 3.63) is 28.2 Å². The number of Topliss-reactive ketones (excluding diaryl/α,β-unsaturated/α-hetero) is 1. The number of hydrogen-bond acceptors (Lipinski definition) is 3. The maximum atomic E-state index is 11.5. The Morgan fingerprint density at radius 2 is 2.00 bits per heavy atom. The highest BCUT2D eigenvalue weighted by Gasteiger charge is 2.28. The van der Waals surface area contributed by atoms with Crippen molar-refractivity contribution < 1.29 is 19.4 Å². The van der Waals surface area contributed by atoms with Gasteiger partial charge in [0.15, 0.2) is 5.78 Å². The van der Waals surface area contributed by atoms with Crippen molar-refractivity contribution in [1.29, 1.82) is 0 Å². The van der Waals surface area contributed by atoms with Crippen LogP contribution in [0.15, 0.2) is 22.7 Å². The molecule has 0 atom stereocenters. The molecule has 0 aliphatic carbocycles. The molecule has 0 aliphatic rings. The number of carboxylic acids is 1. The molecule has 1 N–H and O–H groups in total. The van der Waals surface area contributed by atoms with Crippen LogP contribution in [0.5, 0.6) is 5.75 Å². The first kappa shape index (κ1) is 14.7. The Hall–Kier alpha value is -1.36. The molecule has 0 aromatic heterocycles. The first-order chi connectivity index (χ1) is 8.24. The summed E-state index contributed by atoms with van der Waals surface area (Å²) in [5, 5.41) is 8.99. The topological polar surface area (TPSA) is 63.6 Å². The highest BCUT2D eigenvalue weighted by atomic mass is 79.9. The predicted octanol–water partition coefficient (Wildman–Crippen LogP) is 3.14. The number of carbonyl (C=O) groups excluding carboxylic acids is 1. The zero-order valence-corrected chi connectivity index (χ0v) is 12.1. The van der Waals surface area contributed by atoms with Gasteiger partial charge < -0.3 is 9.84 Å². The van der Waals surface area contributed by atoms with Gasteiger partial charge in [-0.05, 0) is 39.0 Å². The van der Waals surface area contributed by atoms with Gasteiger partial charge in [0, 0.05) is 4.47 Å². The first-order valence-corrected chi connectivity index (χ1v) is 6.20. The molecule has 0 heterocycles. The third-order valence-corrected chi connectivity index (χ3v) is 2.98. The molecule has 0 aliphatic heterocycles. The Morgan fingerprint density at radius 3 is 2.50 bits per heavy atom. The van der Waals surface area contributed by atoms with Gasteiger partial charge >= 0.3 is 5.97 Å². The molecule has 0 saturated carbocycles. The lowest BCUT2D eigenvalue weighted by atomic mass is 9.95. The van der Waals surface area contributed by atoms with E-state index < -0.39 is 11.4 Å². The van der Waals surface area contributed by atoms with Crippen LogP contribution in [0.1, 0.15) is 31.1 Å². The van der Waals surface area contributed by atoms with Gasteiger partial charge in [0.2, 0.25) is 0 Å². The van der Waals surface area contributed by atoms with E-state index in [4.69, 9.17) is 9.84 Å². The van der Waals surface area contributed by atoms with Crippen LogP contribution in [-0.4, -0.2) is 23.5 Å². The number of carbonyl (C=O) groups is 2. The quantitative estimate of drug-likeness (QED) is 0.848. The van der Waals surface area contributed by atoms with Crippen LogP contribution in [0, 0.1) is 5.41 Å². The van der Waals surface area contributed by atoms with Crippen LogP contribution < -0.4 is 4.74 Å². The van der Waals surface area contributed by atoms with Crippen molar-refractivity contribution in [2.45, 2.75) is 20.8 Å². The van der Waals surface area contributed by atoms with Gasteiger partial charge in [-0.25, -0.2) is 0 Å². The van der Waals surface area contributed by atoms with E-state index in [-0.39, 0.29) is 12.4 Å². The summed E-state index contributed by atoms with van der Waals surface area (Å²) >= 11 is 3.28. The lowest BCUT2D eigenvalue weighted by Crippen LogP contribution is -2.30. The average molecular weight is 315 g/mol. The lowest BCUT2D eigenvalue weighted by molar-refractivity contribution is -0.148. The Morgan fingerprint density at radius 1 is 1.39 bits per heavy atom. The van der Waals surface area contributed by atoms with Crippen molar-refractivity contribution in [3.8, 4) is 5.75 Å². The highest BCUT2D eigenvalue weighted by molar-refractivity contribution is 9.10. The van der Waals surface area contributed by atoms with Gasteiger partial charge in [-0.15, -0.1) is 0 Å². The third kappa shape index (κ3) is 3.57. The van der Waals surface area contributed by atoms with E-state index in [0.29, 0.717) is 11.3 Å². The standard InChI is InChI=1S/C13H15BrO4/c1-8(15)10-6-9(14)4-5-11(10)18-7-13(2,3)12(16)17/h4-6H,7H2,1-3H3,(H,16,17). The molecule has 18 heavy (non-hydrogen) atoms. The van der Waals surface area contributed by atoms with Gasteiger partial charge in [0.25, 0.3) is 0 Å². The van der Waals surface area contributed by atoms with Crippen molar-refractivity contribution in [3.63, 3.8) is 0 Å². The van der Waals surface area contributed by atoms with Crippen molar-refractivity contribution in [2.75, 3.05) is 6.61 Å². The summed E-state index contributed by atoms with van der Waals surface area (Å²) in [6.45, 7) is 4.59. The largest absolute Gasteiger partial charge is 0.492 e. The Balaban J connectivity index is 2.92. The monoisotopic (exact) mass is 314 g/mol. The van der Waals surface area contributed by atoms with E-state index in [9.17, 15) is 9.59 Å². The second-order valence-electron chi connectivity index (χ2n) is 4.67. The number of benzene rings is 1. The van der Waals surface area contributed by atoms with Crippen LogP contribution in [0.25, 0.3) is 0 Å². The van der Waals surface area contributed by atoms with Crippen LogP contribution >= 0.6 is 15.9 Å². The summed E-state index contributed by atoms with van der Waals surface area (Å²) in [7, 11) is 0. The Kier molecular flexibility index (Phi) is 4.51. The number of ketones is 1. The maximum Gasteiger partial charge on any atom is 0.312 e. The highest BCUT2D eigenvalue weighted by Crippen LogP contribution is 2.26. The van der Waals surface area contributed by atoms with Gasteiger partial charge in [-0.1, -0.05) is 15.9 Å². The lowest BCUT2D eigenvalue weighted by Gasteiger charge is -2.20. The number of hydrogen-bond donors (Lipinski definition) is 1. The molecule has 0 unspecified atom stereocenters. The summed E-state index contributed by atoms with van der Waals surface area (Å²) in [6.07, 6.45) is 0. The van der Waals surface area contributed by atoms with Crippen molar-refractivity contribution >= 4 is 27.7 Å². The second kappa shape index (κ2) is 5.52. The minimum atomic E-state index is -0.999. The van der Waals surface area contributed by atoms with E-state index in [0.717, 1.165) is 4.47 Å². The molecule has 98 valence electrons. The van der Waals surface area contributed by atoms with Gasteiger partial charge in [0.05, 0.1) is 11.0 Å². The fraction of sp³-hybridized carbons (Fsp3) is 0.385. The van der Waals surface area contributed by atoms with E-state index in [1.54, 1.807) is 32.0 Å². The summed E-state index contributed by atoms with van der Waals surface area (Å²) in [6, 6.07) is 5.06. The van der Waals surface area contributed by atoms with Crippen LogP contribution in [0.4, 0.5) is 0 Å². The normalized spacial score (nSPS) is 11.1. The molecule has 1 rings (SSSR count). The Labute approximate surface area is 114 Å². The molecule has 4 nitrogen and oxygen atoms in total. The Bertz CT molecular complexity index is 480. The van der Waals surface area contributed by atoms with E-state index in [1.807, 2.05) is 0 Å². The minimum absolute atomic E-state index is 0.00421. The molecule has 0 bridgehead atoms. The number of ether oxygens (including phenoxy) is 1. The summed E-state index contributed by atoms with van der Waals surface area (Å²) < 4.78 is 6.23. The molecular weight excluding hydrogens is 300 g/mol. The fourth-order valence-corrected chi connectivity index (χ4v) is 1.58. The van der Waals surface area contributed by atoms with Gasteiger partial charge in [-0.2, -0.15) is 0 Å². The number of aliphatic carboxylic acids is 1. The molecule has 1 aromatic carbocycles. The smallest absolute Gasteiger partial charge is 0.312 e. The minimum Gasteiger partial charge on any atom is -0.492 e. The van der Waals surface area contributed by atoms with E-state index in [2.05, 4.69) is 15.9 Å². The van der Waals surface area contributed by atoms with Crippen molar-refractivity contribution in [2.24, 2.45) is 5.41 Å². The molecule has 0 radical (unpaired) electrons. The molecule has 0 spiro atoms. The molecule has 1 aromatic rings. The second-order valence-corrected chi connectivity index (χ2v) is 5.59. The van der Waals surface area contributed by atoms with Crippen LogP contribution in [0.2, 0.25) is 0 Å². The number of rotatable bonds is 5. The SMILES string of the molecule is CC(=O)c1cc(Br)ccc1OCC(C)(C)C(=O)O. The molecular formula is C13H15BrO4. The van der Waals surface area contributed by atoms with Crippen LogP contribution in [0.3, 0.4) is 0 Å². The summed E-state index contributed by atoms with van der Waals surface area (Å²) in [5.74, 6) is -0.663. The van der Waals surface area contributed by atoms with Gasteiger partial charge in [0.1, 0.15) is 12.4 Å².